The molecule has 1 saturated heterocycles. The maximum absolute atomic E-state index is 2.64. The Balaban J connectivity index is 1.80. The largest absolute Gasteiger partial charge is 0.303 e. The monoisotopic (exact) mass is 319 g/mol. The Hall–Kier alpha value is -1.60. The van der Waals surface area contributed by atoms with Crippen LogP contribution in [0.25, 0.3) is 0 Å². The molecule has 1 nitrogen and oxygen atoms in total. The minimum Gasteiger partial charge on any atom is -0.303 e. The highest BCUT2D eigenvalue weighted by molar-refractivity contribution is 5.49. The lowest BCUT2D eigenvalue weighted by Crippen LogP contribution is -2.38. The van der Waals surface area contributed by atoms with Crippen LogP contribution in [0.15, 0.2) is 42.5 Å². The van der Waals surface area contributed by atoms with Crippen LogP contribution < -0.4 is 0 Å². The van der Waals surface area contributed by atoms with Gasteiger partial charge in [0.05, 0.1) is 0 Å². The summed E-state index contributed by atoms with van der Waals surface area (Å²) in [5, 5.41) is 0. The Morgan fingerprint density at radius 2 is 1.79 bits per heavy atom. The molecule has 2 aromatic rings. The molecule has 24 heavy (non-hydrogen) atoms. The van der Waals surface area contributed by atoms with Gasteiger partial charge in [-0.1, -0.05) is 61.9 Å². The molecule has 2 aromatic carbocycles. The van der Waals surface area contributed by atoms with Gasteiger partial charge in [0.25, 0.3) is 0 Å². The second kappa shape index (κ2) is 6.37. The molecular weight excluding hydrogens is 290 g/mol. The van der Waals surface area contributed by atoms with Crippen LogP contribution >= 0.6 is 0 Å². The molecule has 2 aliphatic rings. The number of hydrogen-bond donors (Lipinski definition) is 0. The normalized spacial score (nSPS) is 26.2. The Labute approximate surface area is 146 Å². The number of nitrogens with zero attached hydrogens (tertiary/aromatic N) is 1. The van der Waals surface area contributed by atoms with E-state index in [4.69, 9.17) is 0 Å². The van der Waals surface area contributed by atoms with Crippen LogP contribution in [0.2, 0.25) is 0 Å². The quantitative estimate of drug-likeness (QED) is 0.758. The molecular formula is C23H29N. The van der Waals surface area contributed by atoms with Gasteiger partial charge in [0.15, 0.2) is 0 Å². The maximum atomic E-state index is 2.64. The van der Waals surface area contributed by atoms with Crippen LogP contribution in [0.4, 0.5) is 0 Å². The van der Waals surface area contributed by atoms with E-state index in [-0.39, 0.29) is 0 Å². The van der Waals surface area contributed by atoms with Gasteiger partial charge in [-0.15, -0.1) is 0 Å². The van der Waals surface area contributed by atoms with Crippen molar-refractivity contribution in [1.82, 2.24) is 4.90 Å². The molecule has 0 bridgehead atoms. The highest BCUT2D eigenvalue weighted by Gasteiger charge is 2.43. The number of likely N-dealkylation sites (N-methyl/N-ethyl adjacent to an activating group) is 1. The lowest BCUT2D eigenvalue weighted by Gasteiger charge is -2.37. The standard InChI is InChI=1S/C23H29N/c1-4-17-8-11-19-21(14-17)23(18-9-6-16(3)7-10-18)20-12-13-24(5-2)15-22(19)20/h6-11,14,20,22-23H,4-5,12-13,15H2,1-3H3/t20-,22-,23-/m1/s1. The summed E-state index contributed by atoms with van der Waals surface area (Å²) in [6.45, 7) is 10.4. The lowest BCUT2D eigenvalue weighted by atomic mass is 9.78. The molecule has 1 aliphatic carbocycles. The SMILES string of the molecule is CCc1ccc2c(c1)[C@H](c1ccc(C)cc1)[C@@H]1CCN(CC)C[C@H]21. The first-order valence-corrected chi connectivity index (χ1v) is 9.63. The van der Waals surface area contributed by atoms with Crippen molar-refractivity contribution in [3.63, 3.8) is 0 Å². The van der Waals surface area contributed by atoms with Crippen LogP contribution in [-0.4, -0.2) is 24.5 Å². The van der Waals surface area contributed by atoms with E-state index in [9.17, 15) is 0 Å². The summed E-state index contributed by atoms with van der Waals surface area (Å²) in [5.74, 6) is 2.08. The van der Waals surface area contributed by atoms with Gasteiger partial charge in [-0.05, 0) is 61.0 Å². The molecule has 4 rings (SSSR count). The van der Waals surface area contributed by atoms with Crippen LogP contribution in [0.5, 0.6) is 0 Å². The molecule has 0 amide bonds. The molecule has 1 aliphatic heterocycles. The number of fused-ring (bicyclic) bond motifs is 3. The van der Waals surface area contributed by atoms with Gasteiger partial charge in [0, 0.05) is 18.4 Å². The van der Waals surface area contributed by atoms with Gasteiger partial charge in [0.1, 0.15) is 0 Å². The van der Waals surface area contributed by atoms with Crippen LogP contribution in [0, 0.1) is 12.8 Å². The minimum atomic E-state index is 0.594. The van der Waals surface area contributed by atoms with Gasteiger partial charge in [-0.3, -0.25) is 0 Å². The predicted molar refractivity (Wildman–Crippen MR) is 102 cm³/mol. The molecule has 1 heteroatoms. The topological polar surface area (TPSA) is 3.24 Å². The summed E-state index contributed by atoms with van der Waals surface area (Å²) >= 11 is 0. The van der Waals surface area contributed by atoms with Crippen LogP contribution in [-0.2, 0) is 6.42 Å². The zero-order valence-electron chi connectivity index (χ0n) is 15.3. The summed E-state index contributed by atoms with van der Waals surface area (Å²) in [6.07, 6.45) is 2.46. The lowest BCUT2D eigenvalue weighted by molar-refractivity contribution is 0.167. The summed E-state index contributed by atoms with van der Waals surface area (Å²) in [5.41, 5.74) is 7.60. The number of piperidine rings is 1. The first-order chi connectivity index (χ1) is 11.7. The number of likely N-dealkylation sites (tertiary alicyclic amines) is 1. The fourth-order valence-corrected chi connectivity index (χ4v) is 4.94. The van der Waals surface area contributed by atoms with Crippen molar-refractivity contribution in [3.05, 3.63) is 70.3 Å². The van der Waals surface area contributed by atoms with Gasteiger partial charge in [-0.2, -0.15) is 0 Å². The Bertz CT molecular complexity index is 715. The third-order valence-corrected chi connectivity index (χ3v) is 6.36. The minimum absolute atomic E-state index is 0.594. The number of rotatable bonds is 3. The van der Waals surface area contributed by atoms with Crippen LogP contribution in [0.1, 0.15) is 59.9 Å². The highest BCUT2D eigenvalue weighted by Crippen LogP contribution is 2.53. The number of hydrogen-bond acceptors (Lipinski definition) is 1. The molecule has 3 atom stereocenters. The van der Waals surface area contributed by atoms with Gasteiger partial charge >= 0.3 is 0 Å². The average molecular weight is 319 g/mol. The number of aryl methyl sites for hydroxylation is 2. The van der Waals surface area contributed by atoms with E-state index in [1.54, 1.807) is 11.1 Å². The second-order valence-electron chi connectivity index (χ2n) is 7.66. The molecule has 0 unspecified atom stereocenters. The maximum Gasteiger partial charge on any atom is 0.0127 e. The summed E-state index contributed by atoms with van der Waals surface area (Å²) < 4.78 is 0. The first-order valence-electron chi connectivity index (χ1n) is 9.63. The van der Waals surface area contributed by atoms with E-state index >= 15 is 0 Å². The first kappa shape index (κ1) is 15.9. The second-order valence-corrected chi connectivity index (χ2v) is 7.66. The van der Waals surface area contributed by atoms with Crippen molar-refractivity contribution in [1.29, 1.82) is 0 Å². The molecule has 0 aromatic heterocycles. The third kappa shape index (κ3) is 2.59. The molecule has 0 saturated carbocycles. The molecule has 126 valence electrons. The van der Waals surface area contributed by atoms with E-state index in [0.29, 0.717) is 11.8 Å². The smallest absolute Gasteiger partial charge is 0.0127 e. The van der Waals surface area contributed by atoms with Crippen molar-refractivity contribution in [2.45, 2.75) is 45.4 Å². The van der Waals surface area contributed by atoms with Crippen molar-refractivity contribution >= 4 is 0 Å². The molecule has 1 heterocycles. The van der Waals surface area contributed by atoms with Gasteiger partial charge < -0.3 is 4.90 Å². The fraction of sp³-hybridized carbons (Fsp3) is 0.478. The molecule has 0 spiro atoms. The van der Waals surface area contributed by atoms with Crippen molar-refractivity contribution in [3.8, 4) is 0 Å². The molecule has 0 N–H and O–H groups in total. The van der Waals surface area contributed by atoms with E-state index in [1.807, 2.05) is 0 Å². The molecule has 0 radical (unpaired) electrons. The summed E-state index contributed by atoms with van der Waals surface area (Å²) in [4.78, 5) is 2.64. The highest BCUT2D eigenvalue weighted by atomic mass is 15.1. The van der Waals surface area contributed by atoms with Crippen LogP contribution in [0.3, 0.4) is 0 Å². The Morgan fingerprint density at radius 1 is 1.00 bits per heavy atom. The molecule has 1 fully saturated rings. The van der Waals surface area contributed by atoms with E-state index < -0.39 is 0 Å². The van der Waals surface area contributed by atoms with Crippen molar-refractivity contribution in [2.75, 3.05) is 19.6 Å². The average Bonchev–Trinajstić information content (AvgIpc) is 2.95. The number of benzene rings is 2. The predicted octanol–water partition coefficient (Wildman–Crippen LogP) is 5.13. The zero-order chi connectivity index (χ0) is 16.7. The Kier molecular flexibility index (Phi) is 4.22. The van der Waals surface area contributed by atoms with Gasteiger partial charge in [-0.25, -0.2) is 0 Å². The van der Waals surface area contributed by atoms with Gasteiger partial charge in [0.2, 0.25) is 0 Å². The Morgan fingerprint density at radius 3 is 2.50 bits per heavy atom. The van der Waals surface area contributed by atoms with Crippen molar-refractivity contribution < 1.29 is 0 Å². The summed E-state index contributed by atoms with van der Waals surface area (Å²) in [6, 6.07) is 16.6. The third-order valence-electron chi connectivity index (χ3n) is 6.36. The van der Waals surface area contributed by atoms with E-state index in [2.05, 4.69) is 68.1 Å². The zero-order valence-corrected chi connectivity index (χ0v) is 15.3. The van der Waals surface area contributed by atoms with E-state index in [0.717, 1.165) is 12.3 Å². The van der Waals surface area contributed by atoms with E-state index in [1.165, 1.54) is 42.7 Å². The van der Waals surface area contributed by atoms with Crippen molar-refractivity contribution in [2.24, 2.45) is 5.92 Å². The summed E-state index contributed by atoms with van der Waals surface area (Å²) in [7, 11) is 0. The fourth-order valence-electron chi connectivity index (χ4n) is 4.94.